The molecule has 6 N–H and O–H groups in total. The van der Waals surface area contributed by atoms with Gasteiger partial charge in [-0.2, -0.15) is 0 Å². The van der Waals surface area contributed by atoms with E-state index in [4.69, 9.17) is 24.9 Å². The van der Waals surface area contributed by atoms with Crippen LogP contribution in [0.3, 0.4) is 0 Å². The molecule has 33 heavy (non-hydrogen) atoms. The Morgan fingerprint density at radius 3 is 2.30 bits per heavy atom. The van der Waals surface area contributed by atoms with Gasteiger partial charge in [-0.05, 0) is 25.7 Å². The number of carboxylic acids is 2. The first-order valence-electron chi connectivity index (χ1n) is 9.88. The summed E-state index contributed by atoms with van der Waals surface area (Å²) >= 11 is 3.58. The van der Waals surface area contributed by atoms with Crippen molar-refractivity contribution in [1.82, 2.24) is 10.6 Å². The van der Waals surface area contributed by atoms with Gasteiger partial charge in [-0.15, -0.1) is 0 Å². The van der Waals surface area contributed by atoms with Gasteiger partial charge in [0.05, 0.1) is 24.4 Å². The Balaban J connectivity index is 4.42. The number of carboxylic acid groups (broad SMARTS) is 2. The van der Waals surface area contributed by atoms with Crippen molar-refractivity contribution in [3.05, 3.63) is 0 Å². The molecule has 0 saturated heterocycles. The van der Waals surface area contributed by atoms with Crippen LogP contribution in [0.2, 0.25) is 0 Å². The van der Waals surface area contributed by atoms with Gasteiger partial charge in [0.15, 0.2) is 0 Å². The molecule has 0 fully saturated rings. The van der Waals surface area contributed by atoms with Crippen LogP contribution in [0.15, 0.2) is 0 Å². The molecule has 2 atom stereocenters. The van der Waals surface area contributed by atoms with Gasteiger partial charge in [-0.1, -0.05) is 15.9 Å². The van der Waals surface area contributed by atoms with E-state index in [0.717, 1.165) is 0 Å². The van der Waals surface area contributed by atoms with Crippen LogP contribution in [0.25, 0.3) is 0 Å². The van der Waals surface area contributed by atoms with Gasteiger partial charge in [0.1, 0.15) is 24.0 Å². The SMILES string of the molecule is NC(CCC(=O)NC(CSOC(=O)CCCCCOC(=O)CBr)C(=O)NCC(=O)O)C(=O)O. The Kier molecular flexibility index (Phi) is 16.8. The van der Waals surface area contributed by atoms with E-state index in [9.17, 15) is 28.8 Å². The Labute approximate surface area is 202 Å². The van der Waals surface area contributed by atoms with E-state index >= 15 is 0 Å². The zero-order chi connectivity index (χ0) is 25.2. The molecule has 0 aliphatic carbocycles. The number of rotatable bonds is 18. The molecular weight excluding hydrogens is 530 g/mol. The first-order chi connectivity index (χ1) is 15.6. The van der Waals surface area contributed by atoms with Crippen LogP contribution in [0.4, 0.5) is 0 Å². The van der Waals surface area contributed by atoms with E-state index in [0.29, 0.717) is 31.3 Å². The number of halogens is 1. The van der Waals surface area contributed by atoms with Crippen molar-refractivity contribution >= 4 is 63.7 Å². The number of hydrogen-bond acceptors (Lipinski definition) is 10. The summed E-state index contributed by atoms with van der Waals surface area (Å²) in [6.45, 7) is -0.428. The molecule has 0 heterocycles. The van der Waals surface area contributed by atoms with Crippen LogP contribution in [0.5, 0.6) is 0 Å². The molecule has 188 valence electrons. The third kappa shape index (κ3) is 16.8. The van der Waals surface area contributed by atoms with E-state index in [1.807, 2.05) is 0 Å². The van der Waals surface area contributed by atoms with Crippen molar-refractivity contribution in [2.24, 2.45) is 5.73 Å². The third-order valence-corrected chi connectivity index (χ3v) is 5.08. The summed E-state index contributed by atoms with van der Waals surface area (Å²) in [6.07, 6.45) is 1.36. The van der Waals surface area contributed by atoms with E-state index < -0.39 is 48.4 Å². The van der Waals surface area contributed by atoms with Crippen molar-refractivity contribution in [1.29, 1.82) is 0 Å². The smallest absolute Gasteiger partial charge is 0.322 e. The molecule has 0 aromatic rings. The molecule has 0 aliphatic heterocycles. The molecule has 0 aromatic carbocycles. The van der Waals surface area contributed by atoms with Gasteiger partial charge in [0.2, 0.25) is 11.8 Å². The molecule has 15 heteroatoms. The maximum absolute atomic E-state index is 12.1. The number of nitrogens with one attached hydrogen (secondary N) is 2. The number of amides is 2. The third-order valence-electron chi connectivity index (χ3n) is 3.85. The second-order valence-electron chi connectivity index (χ2n) is 6.62. The topological polar surface area (TPSA) is 211 Å². The van der Waals surface area contributed by atoms with Crippen LogP contribution < -0.4 is 16.4 Å². The van der Waals surface area contributed by atoms with E-state index in [-0.39, 0.29) is 42.9 Å². The van der Waals surface area contributed by atoms with Gasteiger partial charge in [-0.25, -0.2) is 0 Å². The average molecular weight is 558 g/mol. The van der Waals surface area contributed by atoms with Crippen molar-refractivity contribution in [3.63, 3.8) is 0 Å². The fourth-order valence-corrected chi connectivity index (χ4v) is 2.94. The Morgan fingerprint density at radius 1 is 1.00 bits per heavy atom. The summed E-state index contributed by atoms with van der Waals surface area (Å²) < 4.78 is 9.83. The fourth-order valence-electron chi connectivity index (χ4n) is 2.13. The molecule has 0 rings (SSSR count). The molecule has 0 radical (unpaired) electrons. The van der Waals surface area contributed by atoms with Gasteiger partial charge in [0, 0.05) is 12.8 Å². The normalized spacial score (nSPS) is 12.2. The predicted molar refractivity (Wildman–Crippen MR) is 119 cm³/mol. The highest BCUT2D eigenvalue weighted by Gasteiger charge is 2.23. The number of nitrogens with two attached hydrogens (primary N) is 1. The molecule has 2 unspecified atom stereocenters. The second kappa shape index (κ2) is 18.1. The van der Waals surface area contributed by atoms with E-state index in [2.05, 4.69) is 26.6 Å². The maximum Gasteiger partial charge on any atom is 0.322 e. The van der Waals surface area contributed by atoms with Gasteiger partial charge < -0.3 is 35.5 Å². The highest BCUT2D eigenvalue weighted by Crippen LogP contribution is 2.10. The first kappa shape index (κ1) is 30.6. The summed E-state index contributed by atoms with van der Waals surface area (Å²) in [6, 6.07) is -2.47. The minimum atomic E-state index is -1.29. The molecule has 0 spiro atoms. The minimum absolute atomic E-state index is 0.0920. The lowest BCUT2D eigenvalue weighted by Crippen LogP contribution is -2.49. The maximum atomic E-state index is 12.1. The van der Waals surface area contributed by atoms with Crippen molar-refractivity contribution in [2.75, 3.05) is 24.2 Å². The number of carbonyl (C=O) groups is 6. The number of esters is 1. The summed E-state index contributed by atoms with van der Waals surface area (Å²) in [5.74, 6) is -5.17. The lowest BCUT2D eigenvalue weighted by molar-refractivity contribution is -0.141. The van der Waals surface area contributed by atoms with Crippen LogP contribution >= 0.6 is 28.0 Å². The molecule has 0 saturated carbocycles. The number of alkyl halides is 1. The number of carbonyl (C=O) groups excluding carboxylic acids is 4. The quantitative estimate of drug-likeness (QED) is 0.0627. The van der Waals surface area contributed by atoms with Crippen molar-refractivity contribution in [3.8, 4) is 0 Å². The fraction of sp³-hybridized carbons (Fsp3) is 0.667. The monoisotopic (exact) mass is 557 g/mol. The largest absolute Gasteiger partial charge is 0.480 e. The van der Waals surface area contributed by atoms with Crippen LogP contribution in [0, 0.1) is 0 Å². The highest BCUT2D eigenvalue weighted by molar-refractivity contribution is 9.09. The molecule has 0 aromatic heterocycles. The Hall–Kier alpha value is -2.39. The highest BCUT2D eigenvalue weighted by atomic mass is 79.9. The number of aliphatic carboxylic acids is 2. The summed E-state index contributed by atoms with van der Waals surface area (Å²) in [7, 11) is 0. The average Bonchev–Trinajstić information content (AvgIpc) is 2.76. The van der Waals surface area contributed by atoms with E-state index in [1.54, 1.807) is 0 Å². The molecule has 0 bridgehead atoms. The van der Waals surface area contributed by atoms with E-state index in [1.165, 1.54) is 0 Å². The summed E-state index contributed by atoms with van der Waals surface area (Å²) in [5.41, 5.74) is 5.33. The Morgan fingerprint density at radius 2 is 1.70 bits per heavy atom. The summed E-state index contributed by atoms with van der Waals surface area (Å²) in [4.78, 5) is 68.2. The lowest BCUT2D eigenvalue weighted by atomic mass is 10.1. The Bertz CT molecular complexity index is 694. The molecule has 2 amide bonds. The number of hydrogen-bond donors (Lipinski definition) is 5. The standard InChI is InChI=1S/C18H28BrN3O10S/c19-8-16(27)31-7-3-1-2-4-15(26)32-33-10-12(17(28)21-9-14(24)25)22-13(23)6-5-11(20)18(29)30/h11-12H,1-10,20H2,(H,21,28)(H,22,23)(H,24,25)(H,29,30). The summed E-state index contributed by atoms with van der Waals surface area (Å²) in [5, 5.41) is 22.0. The minimum Gasteiger partial charge on any atom is -0.480 e. The van der Waals surface area contributed by atoms with Crippen molar-refractivity contribution in [2.45, 2.75) is 50.6 Å². The second-order valence-corrected chi connectivity index (χ2v) is 7.92. The zero-order valence-electron chi connectivity index (χ0n) is 17.7. The molecule has 13 nitrogen and oxygen atoms in total. The molecule has 0 aliphatic rings. The lowest BCUT2D eigenvalue weighted by Gasteiger charge is -2.17. The first-order valence-corrected chi connectivity index (χ1v) is 11.9. The zero-order valence-corrected chi connectivity index (χ0v) is 20.2. The van der Waals surface area contributed by atoms with Crippen molar-refractivity contribution < 1.29 is 47.9 Å². The van der Waals surface area contributed by atoms with Crippen LogP contribution in [-0.2, 0) is 37.7 Å². The number of unbranched alkanes of at least 4 members (excludes halogenated alkanes) is 2. The van der Waals surface area contributed by atoms with Gasteiger partial charge in [-0.3, -0.25) is 28.8 Å². The number of ether oxygens (including phenoxy) is 1. The van der Waals surface area contributed by atoms with Gasteiger partial charge >= 0.3 is 23.9 Å². The van der Waals surface area contributed by atoms with Gasteiger partial charge in [0.25, 0.3) is 0 Å². The molecular formula is C18H28BrN3O10S. The van der Waals surface area contributed by atoms with Crippen LogP contribution in [0.1, 0.15) is 38.5 Å². The predicted octanol–water partition coefficient (Wildman–Crippen LogP) is -0.446. The van der Waals surface area contributed by atoms with Crippen LogP contribution in [-0.4, -0.2) is 82.2 Å².